The molecule has 0 radical (unpaired) electrons. The quantitative estimate of drug-likeness (QED) is 0.735. The van der Waals surface area contributed by atoms with Crippen LogP contribution in [-0.4, -0.2) is 47.8 Å². The van der Waals surface area contributed by atoms with Crippen molar-refractivity contribution in [3.63, 3.8) is 0 Å². The molecule has 0 unspecified atom stereocenters. The highest BCUT2D eigenvalue weighted by molar-refractivity contribution is 5.84. The molecular weight excluding hydrogens is 336 g/mol. The summed E-state index contributed by atoms with van der Waals surface area (Å²) in [4.78, 5) is 31.1. The molecule has 0 spiro atoms. The molecule has 6 aliphatic carbocycles. The van der Waals surface area contributed by atoms with Crippen LogP contribution in [0.25, 0.3) is 0 Å². The second-order valence-electron chi connectivity index (χ2n) is 10.5. The Morgan fingerprint density at radius 2 is 0.889 bits per heavy atom. The summed E-state index contributed by atoms with van der Waals surface area (Å²) in [6.07, 6.45) is 15.2. The highest BCUT2D eigenvalue weighted by Crippen LogP contribution is 2.52. The molecule has 4 heteroatoms. The number of nitrogens with zero attached hydrogens (tertiary/aromatic N) is 2. The summed E-state index contributed by atoms with van der Waals surface area (Å²) < 4.78 is 0. The smallest absolute Gasteiger partial charge is 0.228 e. The predicted octanol–water partition coefficient (Wildman–Crippen LogP) is 3.99. The van der Waals surface area contributed by atoms with Crippen molar-refractivity contribution in [2.45, 2.75) is 83.5 Å². The fourth-order valence-electron chi connectivity index (χ4n) is 7.13. The van der Waals surface area contributed by atoms with Crippen LogP contribution in [0.3, 0.4) is 0 Å². The molecule has 1 saturated heterocycles. The second kappa shape index (κ2) is 6.77. The molecule has 6 saturated carbocycles. The van der Waals surface area contributed by atoms with Gasteiger partial charge in [-0.3, -0.25) is 9.59 Å². The largest absolute Gasteiger partial charge is 0.340 e. The van der Waals surface area contributed by atoms with E-state index in [0.29, 0.717) is 11.8 Å². The predicted molar refractivity (Wildman–Crippen MR) is 105 cm³/mol. The van der Waals surface area contributed by atoms with Gasteiger partial charge in [0.15, 0.2) is 0 Å². The lowest BCUT2D eigenvalue weighted by molar-refractivity contribution is -0.150. The first-order chi connectivity index (χ1) is 13.1. The van der Waals surface area contributed by atoms with Gasteiger partial charge in [-0.25, -0.2) is 0 Å². The van der Waals surface area contributed by atoms with Gasteiger partial charge >= 0.3 is 0 Å². The molecule has 0 atom stereocenters. The highest BCUT2D eigenvalue weighted by Gasteiger charge is 2.49. The van der Waals surface area contributed by atoms with E-state index in [1.165, 1.54) is 38.5 Å². The summed E-state index contributed by atoms with van der Waals surface area (Å²) >= 11 is 0. The van der Waals surface area contributed by atoms with Gasteiger partial charge in [-0.1, -0.05) is 0 Å². The Bertz CT molecular complexity index is 520. The first-order valence-electron chi connectivity index (χ1n) is 11.7. The Labute approximate surface area is 164 Å². The van der Waals surface area contributed by atoms with Crippen LogP contribution in [0.4, 0.5) is 0 Å². The summed E-state index contributed by atoms with van der Waals surface area (Å²) in [5, 5.41) is 0. The zero-order chi connectivity index (χ0) is 18.5. The van der Waals surface area contributed by atoms with Crippen LogP contribution in [0.5, 0.6) is 0 Å². The Morgan fingerprint density at radius 1 is 0.556 bits per heavy atom. The third kappa shape index (κ3) is 3.02. The van der Waals surface area contributed by atoms with Crippen LogP contribution in [0, 0.1) is 22.7 Å². The van der Waals surface area contributed by atoms with Gasteiger partial charge < -0.3 is 9.80 Å². The second-order valence-corrected chi connectivity index (χ2v) is 10.5. The molecule has 7 aliphatic rings. The molecule has 0 aromatic rings. The van der Waals surface area contributed by atoms with E-state index in [0.717, 1.165) is 83.0 Å². The van der Waals surface area contributed by atoms with Gasteiger partial charge in [0.05, 0.1) is 0 Å². The number of amides is 2. The molecule has 150 valence electrons. The van der Waals surface area contributed by atoms with Crippen LogP contribution < -0.4 is 0 Å². The number of hydrogen-bond acceptors (Lipinski definition) is 2. The van der Waals surface area contributed by atoms with Gasteiger partial charge in [0.2, 0.25) is 11.8 Å². The Hall–Kier alpha value is -1.06. The standard InChI is InChI=1S/C23H36N2O2/c26-20(22-8-2-18(3-9-22)4-10-22)24-14-1-15-25(17-16-24)21(27)23-11-5-19(6-12-23)7-13-23/h18-19H,1-17H2. The van der Waals surface area contributed by atoms with Crippen molar-refractivity contribution in [3.8, 4) is 0 Å². The first kappa shape index (κ1) is 18.0. The summed E-state index contributed by atoms with van der Waals surface area (Å²) in [6, 6.07) is 0. The van der Waals surface area contributed by atoms with E-state index >= 15 is 0 Å². The van der Waals surface area contributed by atoms with E-state index < -0.39 is 0 Å². The van der Waals surface area contributed by atoms with Crippen molar-refractivity contribution in [2.75, 3.05) is 26.2 Å². The SMILES string of the molecule is O=C(N1CCCN(C(=O)C23CCC(CC2)CC3)CC1)C12CCC(CC1)CC2. The van der Waals surface area contributed by atoms with E-state index in [1.54, 1.807) is 0 Å². The number of hydrogen-bond donors (Lipinski definition) is 0. The fourth-order valence-corrected chi connectivity index (χ4v) is 7.13. The Kier molecular flexibility index (Phi) is 4.52. The third-order valence-corrected chi connectivity index (χ3v) is 9.16. The summed E-state index contributed by atoms with van der Waals surface area (Å²) in [5.41, 5.74) is -0.0945. The lowest BCUT2D eigenvalue weighted by atomic mass is 9.60. The van der Waals surface area contributed by atoms with Crippen LogP contribution in [-0.2, 0) is 9.59 Å². The van der Waals surface area contributed by atoms with Crippen LogP contribution in [0.2, 0.25) is 0 Å². The van der Waals surface area contributed by atoms with Crippen molar-refractivity contribution in [3.05, 3.63) is 0 Å². The summed E-state index contributed by atoms with van der Waals surface area (Å²) in [6.45, 7) is 3.22. The number of rotatable bonds is 2. The van der Waals surface area contributed by atoms with Gasteiger partial charge in [0.25, 0.3) is 0 Å². The molecular formula is C23H36N2O2. The van der Waals surface area contributed by atoms with Gasteiger partial charge in [-0.05, 0) is 95.3 Å². The average molecular weight is 373 g/mol. The van der Waals surface area contributed by atoms with Crippen LogP contribution in [0.15, 0.2) is 0 Å². The Morgan fingerprint density at radius 3 is 1.22 bits per heavy atom. The van der Waals surface area contributed by atoms with Crippen molar-refractivity contribution < 1.29 is 9.59 Å². The number of carbonyl (C=O) groups is 2. The molecule has 4 nitrogen and oxygen atoms in total. The summed E-state index contributed by atoms with van der Waals surface area (Å²) in [5.74, 6) is 2.63. The molecule has 0 aromatic carbocycles. The maximum Gasteiger partial charge on any atom is 0.228 e. The van der Waals surface area contributed by atoms with Gasteiger partial charge in [0.1, 0.15) is 0 Å². The van der Waals surface area contributed by atoms with E-state index in [-0.39, 0.29) is 10.8 Å². The molecule has 0 aromatic heterocycles. The molecule has 1 aliphatic heterocycles. The normalized spacial score (nSPS) is 41.5. The van der Waals surface area contributed by atoms with Crippen LogP contribution >= 0.6 is 0 Å². The monoisotopic (exact) mass is 372 g/mol. The minimum absolute atomic E-state index is 0.0473. The van der Waals surface area contributed by atoms with E-state index in [9.17, 15) is 9.59 Å². The first-order valence-corrected chi connectivity index (χ1v) is 11.7. The number of fused-ring (bicyclic) bond motifs is 6. The molecule has 7 fully saturated rings. The van der Waals surface area contributed by atoms with E-state index in [4.69, 9.17) is 0 Å². The van der Waals surface area contributed by atoms with Crippen molar-refractivity contribution >= 4 is 11.8 Å². The molecule has 2 amide bonds. The molecule has 1 heterocycles. The van der Waals surface area contributed by atoms with E-state index in [1.807, 2.05) is 0 Å². The van der Waals surface area contributed by atoms with Gasteiger partial charge in [0, 0.05) is 37.0 Å². The zero-order valence-electron chi connectivity index (χ0n) is 16.9. The lowest BCUT2D eigenvalue weighted by Gasteiger charge is -2.47. The topological polar surface area (TPSA) is 40.6 Å². The molecule has 0 N–H and O–H groups in total. The molecule has 4 bridgehead atoms. The van der Waals surface area contributed by atoms with Crippen molar-refractivity contribution in [1.82, 2.24) is 9.80 Å². The van der Waals surface area contributed by atoms with Gasteiger partial charge in [-0.2, -0.15) is 0 Å². The maximum absolute atomic E-state index is 13.4. The summed E-state index contributed by atoms with van der Waals surface area (Å²) in [7, 11) is 0. The van der Waals surface area contributed by atoms with Crippen LogP contribution in [0.1, 0.15) is 83.5 Å². The lowest BCUT2D eigenvalue weighted by Crippen LogP contribution is -2.51. The molecule has 7 rings (SSSR count). The van der Waals surface area contributed by atoms with Crippen molar-refractivity contribution in [2.24, 2.45) is 22.7 Å². The Balaban J connectivity index is 1.24. The van der Waals surface area contributed by atoms with Crippen molar-refractivity contribution in [1.29, 1.82) is 0 Å². The minimum Gasteiger partial charge on any atom is -0.340 e. The van der Waals surface area contributed by atoms with E-state index in [2.05, 4.69) is 9.80 Å². The average Bonchev–Trinajstić information content (AvgIpc) is 3.01. The minimum atomic E-state index is -0.0473. The maximum atomic E-state index is 13.4. The fraction of sp³-hybridized carbons (Fsp3) is 0.913. The zero-order valence-corrected chi connectivity index (χ0v) is 16.9. The molecule has 27 heavy (non-hydrogen) atoms. The highest BCUT2D eigenvalue weighted by atomic mass is 16.2. The van der Waals surface area contributed by atoms with Gasteiger partial charge in [-0.15, -0.1) is 0 Å². The number of carbonyl (C=O) groups excluding carboxylic acids is 2. The third-order valence-electron chi connectivity index (χ3n) is 9.16.